The fourth-order valence-electron chi connectivity index (χ4n) is 3.76. The Morgan fingerprint density at radius 2 is 2.04 bits per heavy atom. The molecule has 1 aliphatic heterocycles. The van der Waals surface area contributed by atoms with Crippen LogP contribution in [0.25, 0.3) is 0 Å². The van der Waals surface area contributed by atoms with Gasteiger partial charge in [-0.05, 0) is 32.2 Å². The molecule has 2 heterocycles. The first-order chi connectivity index (χ1) is 11.0. The van der Waals surface area contributed by atoms with Gasteiger partial charge in [-0.1, -0.05) is 19.3 Å². The number of nitrogens with zero attached hydrogens (tertiary/aromatic N) is 2. The lowest BCUT2D eigenvalue weighted by Gasteiger charge is -2.32. The first-order valence-electron chi connectivity index (χ1n) is 8.63. The number of hydrogen-bond donors (Lipinski definition) is 1. The quantitative estimate of drug-likeness (QED) is 0.880. The zero-order valence-corrected chi connectivity index (χ0v) is 15.5. The van der Waals surface area contributed by atoms with Gasteiger partial charge in [0.15, 0.2) is 0 Å². The van der Waals surface area contributed by atoms with E-state index in [1.807, 2.05) is 0 Å². The van der Waals surface area contributed by atoms with Crippen molar-refractivity contribution in [1.29, 1.82) is 0 Å². The predicted octanol–water partition coefficient (Wildman–Crippen LogP) is 2.70. The second-order valence-corrected chi connectivity index (χ2v) is 9.65. The van der Waals surface area contributed by atoms with E-state index in [0.717, 1.165) is 38.2 Å². The maximum Gasteiger partial charge on any atom is 0.208 e. The van der Waals surface area contributed by atoms with Gasteiger partial charge in [0.05, 0.1) is 17.0 Å². The lowest BCUT2D eigenvalue weighted by molar-refractivity contribution is 0.193. The Labute approximate surface area is 143 Å². The number of likely N-dealkylation sites (tertiary alicyclic amines) is 1. The van der Waals surface area contributed by atoms with E-state index in [-0.39, 0.29) is 6.04 Å². The minimum Gasteiger partial charge on any atom is -0.296 e. The number of thiazole rings is 1. The molecule has 1 N–H and O–H groups in total. The van der Waals surface area contributed by atoms with E-state index in [0.29, 0.717) is 5.92 Å². The van der Waals surface area contributed by atoms with Gasteiger partial charge in [0.2, 0.25) is 10.0 Å². The summed E-state index contributed by atoms with van der Waals surface area (Å²) in [5.74, 6) is 0.670. The van der Waals surface area contributed by atoms with Gasteiger partial charge in [0.25, 0.3) is 0 Å². The van der Waals surface area contributed by atoms with Crippen LogP contribution in [-0.2, 0) is 16.6 Å². The van der Waals surface area contributed by atoms with Gasteiger partial charge in [-0.3, -0.25) is 4.90 Å². The first kappa shape index (κ1) is 17.3. The van der Waals surface area contributed by atoms with E-state index >= 15 is 0 Å². The molecule has 1 atom stereocenters. The highest BCUT2D eigenvalue weighted by Crippen LogP contribution is 2.34. The Bertz CT molecular complexity index is 609. The number of piperidine rings is 1. The summed E-state index contributed by atoms with van der Waals surface area (Å²) in [5, 5.41) is 3.50. The lowest BCUT2D eigenvalue weighted by Crippen LogP contribution is -2.47. The molecule has 5 nitrogen and oxygen atoms in total. The second kappa shape index (κ2) is 7.59. The summed E-state index contributed by atoms with van der Waals surface area (Å²) in [7, 11) is -3.12. The van der Waals surface area contributed by atoms with E-state index in [2.05, 4.69) is 15.0 Å². The maximum absolute atomic E-state index is 11.4. The average Bonchev–Trinajstić information content (AvgIpc) is 2.95. The molecule has 23 heavy (non-hydrogen) atoms. The summed E-state index contributed by atoms with van der Waals surface area (Å²) in [6.45, 7) is 2.65. The molecule has 0 bridgehead atoms. The molecule has 0 amide bonds. The third-order valence-electron chi connectivity index (χ3n) is 4.80. The van der Waals surface area contributed by atoms with Crippen LogP contribution in [0.4, 0.5) is 0 Å². The van der Waals surface area contributed by atoms with E-state index < -0.39 is 10.0 Å². The van der Waals surface area contributed by atoms with Crippen molar-refractivity contribution in [2.75, 3.05) is 19.3 Å². The molecule has 3 rings (SSSR count). The van der Waals surface area contributed by atoms with Crippen molar-refractivity contribution in [2.45, 2.75) is 63.5 Å². The number of rotatable bonds is 5. The van der Waals surface area contributed by atoms with Crippen molar-refractivity contribution in [3.05, 3.63) is 16.1 Å². The third kappa shape index (κ3) is 5.24. The van der Waals surface area contributed by atoms with Crippen LogP contribution in [0, 0.1) is 0 Å². The van der Waals surface area contributed by atoms with Gasteiger partial charge in [0.1, 0.15) is 0 Å². The van der Waals surface area contributed by atoms with Crippen molar-refractivity contribution in [3.8, 4) is 0 Å². The van der Waals surface area contributed by atoms with Gasteiger partial charge in [-0.2, -0.15) is 0 Å². The summed E-state index contributed by atoms with van der Waals surface area (Å²) in [6.07, 6.45) is 9.82. The molecule has 0 aromatic carbocycles. The Kier molecular flexibility index (Phi) is 5.72. The molecular weight excluding hydrogens is 330 g/mol. The number of aromatic nitrogens is 1. The van der Waals surface area contributed by atoms with Crippen LogP contribution < -0.4 is 4.72 Å². The van der Waals surface area contributed by atoms with Crippen LogP contribution >= 0.6 is 11.3 Å². The molecular formula is C16H27N3O2S2. The smallest absolute Gasteiger partial charge is 0.208 e. The van der Waals surface area contributed by atoms with Gasteiger partial charge >= 0.3 is 0 Å². The van der Waals surface area contributed by atoms with Gasteiger partial charge in [-0.15, -0.1) is 11.3 Å². The highest BCUT2D eigenvalue weighted by Gasteiger charge is 2.24. The number of hydrogen-bond acceptors (Lipinski definition) is 5. The lowest BCUT2D eigenvalue weighted by atomic mass is 9.90. The summed E-state index contributed by atoms with van der Waals surface area (Å²) in [4.78, 5) is 7.19. The molecule has 1 saturated heterocycles. The largest absolute Gasteiger partial charge is 0.296 e. The van der Waals surface area contributed by atoms with Crippen molar-refractivity contribution < 1.29 is 8.42 Å². The van der Waals surface area contributed by atoms with Crippen LogP contribution in [0.5, 0.6) is 0 Å². The summed E-state index contributed by atoms with van der Waals surface area (Å²) in [6, 6.07) is 0.0372. The molecule has 7 heteroatoms. The fraction of sp³-hybridized carbons (Fsp3) is 0.812. The van der Waals surface area contributed by atoms with Gasteiger partial charge < -0.3 is 0 Å². The molecule has 2 aliphatic rings. The number of nitrogens with one attached hydrogen (secondary N) is 1. The van der Waals surface area contributed by atoms with Crippen LogP contribution in [-0.4, -0.2) is 43.7 Å². The van der Waals surface area contributed by atoms with Crippen LogP contribution in [0.15, 0.2) is 5.38 Å². The predicted molar refractivity (Wildman–Crippen MR) is 94.2 cm³/mol. The monoisotopic (exact) mass is 357 g/mol. The normalized spacial score (nSPS) is 24.8. The SMILES string of the molecule is CS(=O)(=O)N[C@H]1CCCN(Cc2csc(C3CCCCC3)n2)C1. The number of sulfonamides is 1. The van der Waals surface area contributed by atoms with Crippen molar-refractivity contribution >= 4 is 21.4 Å². The van der Waals surface area contributed by atoms with E-state index in [9.17, 15) is 8.42 Å². The zero-order valence-electron chi connectivity index (χ0n) is 13.8. The highest BCUT2D eigenvalue weighted by molar-refractivity contribution is 7.88. The van der Waals surface area contributed by atoms with E-state index in [1.165, 1.54) is 43.4 Å². The minimum absolute atomic E-state index is 0.0372. The Hall–Kier alpha value is -0.500. The van der Waals surface area contributed by atoms with E-state index in [1.54, 1.807) is 11.3 Å². The third-order valence-corrected chi connectivity index (χ3v) is 6.61. The fourth-order valence-corrected chi connectivity index (χ4v) is 5.54. The molecule has 1 aliphatic carbocycles. The van der Waals surface area contributed by atoms with Crippen LogP contribution in [0.1, 0.15) is 61.6 Å². The molecule has 1 aromatic rings. The topological polar surface area (TPSA) is 62.3 Å². The Morgan fingerprint density at radius 1 is 1.26 bits per heavy atom. The zero-order chi connectivity index (χ0) is 16.3. The molecule has 0 spiro atoms. The van der Waals surface area contributed by atoms with Crippen molar-refractivity contribution in [3.63, 3.8) is 0 Å². The summed E-state index contributed by atoms with van der Waals surface area (Å²) in [5.41, 5.74) is 1.15. The minimum atomic E-state index is -3.12. The standard InChI is InChI=1S/C16H27N3O2S2/c1-23(20,21)18-14-8-5-9-19(10-14)11-15-12-22-16(17-15)13-6-3-2-4-7-13/h12-14,18H,2-11H2,1H3/t14-/m0/s1. The molecule has 2 fully saturated rings. The molecule has 0 radical (unpaired) electrons. The molecule has 0 unspecified atom stereocenters. The van der Waals surface area contributed by atoms with Crippen LogP contribution in [0.3, 0.4) is 0 Å². The highest BCUT2D eigenvalue weighted by atomic mass is 32.2. The Morgan fingerprint density at radius 3 is 2.78 bits per heavy atom. The molecule has 130 valence electrons. The summed E-state index contributed by atoms with van der Waals surface area (Å²) >= 11 is 1.81. The van der Waals surface area contributed by atoms with Crippen molar-refractivity contribution in [1.82, 2.24) is 14.6 Å². The van der Waals surface area contributed by atoms with Gasteiger partial charge in [0, 0.05) is 30.4 Å². The van der Waals surface area contributed by atoms with E-state index in [4.69, 9.17) is 4.98 Å². The Balaban J connectivity index is 1.55. The average molecular weight is 358 g/mol. The van der Waals surface area contributed by atoms with Crippen molar-refractivity contribution in [2.24, 2.45) is 0 Å². The van der Waals surface area contributed by atoms with Gasteiger partial charge in [-0.25, -0.2) is 18.1 Å². The second-order valence-electron chi connectivity index (χ2n) is 6.98. The summed E-state index contributed by atoms with van der Waals surface area (Å²) < 4.78 is 25.5. The van der Waals surface area contributed by atoms with Crippen LogP contribution in [0.2, 0.25) is 0 Å². The molecule has 1 aromatic heterocycles. The maximum atomic E-state index is 11.4. The molecule has 1 saturated carbocycles. The first-order valence-corrected chi connectivity index (χ1v) is 11.4.